The van der Waals surface area contributed by atoms with Crippen LogP contribution in [0.2, 0.25) is 0 Å². The van der Waals surface area contributed by atoms with Gasteiger partial charge in [0.2, 0.25) is 0 Å². The zero-order valence-electron chi connectivity index (χ0n) is 18.3. The quantitative estimate of drug-likeness (QED) is 0.194. The van der Waals surface area contributed by atoms with Gasteiger partial charge in [0.15, 0.2) is 0 Å². The van der Waals surface area contributed by atoms with Crippen LogP contribution in [0.5, 0.6) is 0 Å². The number of hydrogen-bond acceptors (Lipinski definition) is 4. The molecule has 0 aliphatic heterocycles. The van der Waals surface area contributed by atoms with Crippen molar-refractivity contribution in [3.05, 3.63) is 0 Å². The average molecular weight is 431 g/mol. The van der Waals surface area contributed by atoms with Gasteiger partial charge in [0, 0.05) is 5.25 Å². The molecule has 0 aliphatic carbocycles. The zero-order chi connectivity index (χ0) is 19.7. The molecule has 2 unspecified atom stereocenters. The predicted molar refractivity (Wildman–Crippen MR) is 109 cm³/mol. The molecule has 158 valence electrons. The molecule has 0 saturated carbocycles. The van der Waals surface area contributed by atoms with Gasteiger partial charge in [-0.3, -0.25) is 0 Å². The van der Waals surface area contributed by atoms with Crippen molar-refractivity contribution in [1.29, 1.82) is 0 Å². The Balaban J connectivity index is 0. The Bertz CT molecular complexity index is 401. The topological polar surface area (TPSA) is 77.4 Å². The number of rotatable bonds is 19. The average Bonchev–Trinajstić information content (AvgIpc) is 2.58. The molecule has 0 rings (SSSR count). The van der Waals surface area contributed by atoms with E-state index in [1.54, 1.807) is 0 Å². The van der Waals surface area contributed by atoms with Crippen LogP contribution < -0.4 is 51.4 Å². The molecule has 2 atom stereocenters. The summed E-state index contributed by atoms with van der Waals surface area (Å²) in [6.07, 6.45) is 16.6. The molecule has 6 heteroatoms. The Hall–Kier alpha value is 1.51. The molecule has 0 amide bonds. The second kappa shape index (κ2) is 20.8. The largest absolute Gasteiger partial charge is 1.00 e. The Morgan fingerprint density at radius 3 is 1.44 bits per heavy atom. The Morgan fingerprint density at radius 2 is 1.00 bits per heavy atom. The van der Waals surface area contributed by atoms with Crippen LogP contribution in [0.15, 0.2) is 0 Å². The van der Waals surface area contributed by atoms with E-state index in [2.05, 4.69) is 13.8 Å². The summed E-state index contributed by atoms with van der Waals surface area (Å²) in [6.45, 7) is 4.29. The van der Waals surface area contributed by atoms with E-state index in [9.17, 15) is 18.1 Å². The van der Waals surface area contributed by atoms with Gasteiger partial charge >= 0.3 is 51.4 Å². The summed E-state index contributed by atoms with van der Waals surface area (Å²) in [4.78, 5) is 0. The van der Waals surface area contributed by atoms with E-state index >= 15 is 0 Å². The third kappa shape index (κ3) is 20.6. The fourth-order valence-electron chi connectivity index (χ4n) is 3.47. The van der Waals surface area contributed by atoms with Crippen molar-refractivity contribution >= 4 is 10.1 Å². The Labute approximate surface area is 211 Å². The first-order chi connectivity index (χ1) is 12.4. The van der Waals surface area contributed by atoms with Gasteiger partial charge in [-0.15, -0.1) is 0 Å². The molecule has 0 saturated heterocycles. The summed E-state index contributed by atoms with van der Waals surface area (Å²) < 4.78 is 34.1. The van der Waals surface area contributed by atoms with Crippen LogP contribution in [0.4, 0.5) is 0 Å². The summed E-state index contributed by atoms with van der Waals surface area (Å²) in [6, 6.07) is 0. The van der Waals surface area contributed by atoms with Crippen molar-refractivity contribution in [3.8, 4) is 0 Å². The number of hydrogen-bond donors (Lipinski definition) is 1. The molecule has 1 N–H and O–H groups in total. The van der Waals surface area contributed by atoms with E-state index in [0.29, 0.717) is 12.8 Å². The second-order valence-corrected chi connectivity index (χ2v) is 9.46. The third-order valence-corrected chi connectivity index (χ3v) is 6.53. The van der Waals surface area contributed by atoms with Crippen LogP contribution >= 0.6 is 0 Å². The van der Waals surface area contributed by atoms with Gasteiger partial charge in [0.05, 0.1) is 16.2 Å². The number of aliphatic hydroxyl groups excluding tert-OH is 1. The third-order valence-electron chi connectivity index (χ3n) is 5.24. The fraction of sp³-hybridized carbons (Fsp3) is 1.00. The molecule has 4 nitrogen and oxygen atoms in total. The minimum Gasteiger partial charge on any atom is -0.748 e. The van der Waals surface area contributed by atoms with E-state index in [1.165, 1.54) is 12.8 Å². The summed E-state index contributed by atoms with van der Waals surface area (Å²) >= 11 is 0. The van der Waals surface area contributed by atoms with Crippen LogP contribution in [0, 0.1) is 0 Å². The van der Waals surface area contributed by atoms with Crippen molar-refractivity contribution in [2.75, 3.05) is 0 Å². The summed E-state index contributed by atoms with van der Waals surface area (Å²) in [5.74, 6) is 0. The minimum atomic E-state index is -4.15. The molecule has 0 aromatic carbocycles. The van der Waals surface area contributed by atoms with Crippen molar-refractivity contribution < 1.29 is 69.5 Å². The molecule has 0 spiro atoms. The van der Waals surface area contributed by atoms with Gasteiger partial charge in [0.25, 0.3) is 0 Å². The summed E-state index contributed by atoms with van der Waals surface area (Å²) in [5, 5.41) is 9.19. The van der Waals surface area contributed by atoms with Crippen LogP contribution in [-0.4, -0.2) is 29.4 Å². The van der Waals surface area contributed by atoms with E-state index < -0.39 is 15.4 Å². The standard InChI is InChI=1S/C21H44O4S.K/c1-3-5-7-14-18-21(26(23,24)25)19-15-11-9-8-10-13-17-20(22)16-12-6-4-2;/h20-22H,3-19H2,1-2H3,(H,23,24,25);/q;+1/p-1. The van der Waals surface area contributed by atoms with Gasteiger partial charge in [-0.1, -0.05) is 97.3 Å². The van der Waals surface area contributed by atoms with Gasteiger partial charge in [-0.2, -0.15) is 0 Å². The van der Waals surface area contributed by atoms with E-state index in [1.807, 2.05) is 0 Å². The van der Waals surface area contributed by atoms with Crippen molar-refractivity contribution in [3.63, 3.8) is 0 Å². The SMILES string of the molecule is CCCCCCC(CCCCCCCCC(O)CCCCC)S(=O)(=O)[O-].[K+]. The summed E-state index contributed by atoms with van der Waals surface area (Å²) in [5.41, 5.74) is 0. The molecule has 0 fully saturated rings. The van der Waals surface area contributed by atoms with Gasteiger partial charge in [-0.05, 0) is 25.7 Å². The molecule has 0 heterocycles. The molecule has 0 radical (unpaired) electrons. The van der Waals surface area contributed by atoms with Crippen molar-refractivity contribution in [1.82, 2.24) is 0 Å². The summed E-state index contributed by atoms with van der Waals surface area (Å²) in [7, 11) is -4.15. The van der Waals surface area contributed by atoms with Crippen LogP contribution in [0.1, 0.15) is 123 Å². The molecule has 27 heavy (non-hydrogen) atoms. The van der Waals surface area contributed by atoms with Gasteiger partial charge in [-0.25, -0.2) is 8.42 Å². The molecule has 0 aromatic rings. The maximum Gasteiger partial charge on any atom is 1.00 e. The first-order valence-electron chi connectivity index (χ1n) is 11.0. The maximum absolute atomic E-state index is 11.4. The Morgan fingerprint density at radius 1 is 0.667 bits per heavy atom. The zero-order valence-corrected chi connectivity index (χ0v) is 22.2. The number of aliphatic hydroxyl groups is 1. The fourth-order valence-corrected chi connectivity index (χ4v) is 4.38. The molecule has 0 aliphatic rings. The molecule has 0 bridgehead atoms. The monoisotopic (exact) mass is 430 g/mol. The molecule has 0 aromatic heterocycles. The maximum atomic E-state index is 11.4. The normalized spacial score (nSPS) is 13.9. The molecular weight excluding hydrogens is 387 g/mol. The van der Waals surface area contributed by atoms with Crippen LogP contribution in [-0.2, 0) is 10.1 Å². The number of unbranched alkanes of at least 4 members (excludes halogenated alkanes) is 10. The first kappa shape index (κ1) is 30.7. The van der Waals surface area contributed by atoms with Gasteiger partial charge in [0.1, 0.15) is 0 Å². The van der Waals surface area contributed by atoms with E-state index in [-0.39, 0.29) is 57.5 Å². The minimum absolute atomic E-state index is 0. The van der Waals surface area contributed by atoms with Gasteiger partial charge < -0.3 is 9.66 Å². The van der Waals surface area contributed by atoms with Crippen LogP contribution in [0.3, 0.4) is 0 Å². The van der Waals surface area contributed by atoms with E-state index in [4.69, 9.17) is 0 Å². The van der Waals surface area contributed by atoms with Crippen molar-refractivity contribution in [2.24, 2.45) is 0 Å². The van der Waals surface area contributed by atoms with Crippen molar-refractivity contribution in [2.45, 2.75) is 134 Å². The predicted octanol–water partition coefficient (Wildman–Crippen LogP) is 2.94. The van der Waals surface area contributed by atoms with Crippen LogP contribution in [0.25, 0.3) is 0 Å². The second-order valence-electron chi connectivity index (χ2n) is 7.81. The Kier molecular flexibility index (Phi) is 23.6. The smallest absolute Gasteiger partial charge is 0.748 e. The van der Waals surface area contributed by atoms with E-state index in [0.717, 1.165) is 83.5 Å². The first-order valence-corrected chi connectivity index (χ1v) is 12.5. The molecular formula is C21H43KO4S.